The summed E-state index contributed by atoms with van der Waals surface area (Å²) >= 11 is 0. The Morgan fingerprint density at radius 3 is 2.68 bits per heavy atom. The molecule has 25 heavy (non-hydrogen) atoms. The molecule has 0 saturated carbocycles. The molecule has 1 N–H and O–H groups in total. The summed E-state index contributed by atoms with van der Waals surface area (Å²) < 4.78 is 64.2. The van der Waals surface area contributed by atoms with Gasteiger partial charge in [0, 0.05) is 31.9 Å². The number of nitrogens with one attached hydrogen (secondary N) is 1. The highest BCUT2D eigenvalue weighted by Gasteiger charge is 2.33. The highest BCUT2D eigenvalue weighted by molar-refractivity contribution is 5.28. The van der Waals surface area contributed by atoms with E-state index in [-0.39, 0.29) is 12.0 Å². The van der Waals surface area contributed by atoms with Crippen molar-refractivity contribution in [3.8, 4) is 0 Å². The van der Waals surface area contributed by atoms with Crippen molar-refractivity contribution in [1.82, 2.24) is 14.9 Å². The lowest BCUT2D eigenvalue weighted by molar-refractivity contribution is -0.141. The van der Waals surface area contributed by atoms with Gasteiger partial charge in [-0.15, -0.1) is 0 Å². The monoisotopic (exact) mass is 358 g/mol. The summed E-state index contributed by atoms with van der Waals surface area (Å²) in [4.78, 5) is 9.29. The average molecular weight is 358 g/mol. The topological polar surface area (TPSA) is 41.0 Å². The van der Waals surface area contributed by atoms with Crippen molar-refractivity contribution in [2.24, 2.45) is 0 Å². The maximum Gasteiger partial charge on any atom is 0.433 e. The second-order valence-corrected chi connectivity index (χ2v) is 5.88. The first-order valence-electron chi connectivity index (χ1n) is 7.64. The number of likely N-dealkylation sites (tertiary alicyclic amines) is 1. The molecule has 0 bridgehead atoms. The molecule has 9 heteroatoms. The van der Waals surface area contributed by atoms with Crippen LogP contribution in [0.4, 0.5) is 27.9 Å². The fourth-order valence-corrected chi connectivity index (χ4v) is 2.76. The van der Waals surface area contributed by atoms with Crippen molar-refractivity contribution in [3.63, 3.8) is 0 Å². The molecule has 1 aromatic heterocycles. The Hall–Kier alpha value is -2.29. The fourth-order valence-electron chi connectivity index (χ4n) is 2.76. The van der Waals surface area contributed by atoms with E-state index in [1.54, 1.807) is 0 Å². The molecule has 1 unspecified atom stereocenters. The molecular formula is C16H15F5N4. The molecule has 0 amide bonds. The number of hydrogen-bond donors (Lipinski definition) is 1. The number of hydrogen-bond acceptors (Lipinski definition) is 4. The number of nitrogens with zero attached hydrogens (tertiary/aromatic N) is 3. The van der Waals surface area contributed by atoms with Crippen LogP contribution < -0.4 is 5.32 Å². The second kappa shape index (κ2) is 6.91. The number of aromatic nitrogens is 2. The van der Waals surface area contributed by atoms with E-state index in [4.69, 9.17) is 0 Å². The molecular weight excluding hydrogens is 343 g/mol. The van der Waals surface area contributed by atoms with Crippen molar-refractivity contribution < 1.29 is 22.0 Å². The number of halogens is 5. The minimum absolute atomic E-state index is 0.0745. The molecule has 0 spiro atoms. The second-order valence-electron chi connectivity index (χ2n) is 5.88. The van der Waals surface area contributed by atoms with Gasteiger partial charge in [0.1, 0.15) is 5.69 Å². The van der Waals surface area contributed by atoms with Gasteiger partial charge in [0.05, 0.1) is 0 Å². The third-order valence-electron chi connectivity index (χ3n) is 3.94. The maximum absolute atomic E-state index is 13.2. The van der Waals surface area contributed by atoms with E-state index in [2.05, 4.69) is 15.3 Å². The molecule has 1 saturated heterocycles. The zero-order valence-electron chi connectivity index (χ0n) is 13.0. The van der Waals surface area contributed by atoms with Gasteiger partial charge >= 0.3 is 6.18 Å². The lowest BCUT2D eigenvalue weighted by Gasteiger charge is -2.17. The Kier molecular flexibility index (Phi) is 4.85. The highest BCUT2D eigenvalue weighted by Crippen LogP contribution is 2.28. The van der Waals surface area contributed by atoms with E-state index in [9.17, 15) is 22.0 Å². The summed E-state index contributed by atoms with van der Waals surface area (Å²) in [5.41, 5.74) is -0.364. The number of benzene rings is 1. The summed E-state index contributed by atoms with van der Waals surface area (Å²) in [6.07, 6.45) is -2.77. The Morgan fingerprint density at radius 2 is 1.96 bits per heavy atom. The number of alkyl halides is 3. The van der Waals surface area contributed by atoms with E-state index < -0.39 is 23.5 Å². The average Bonchev–Trinajstić information content (AvgIpc) is 2.97. The van der Waals surface area contributed by atoms with Crippen LogP contribution in [0.3, 0.4) is 0 Å². The largest absolute Gasteiger partial charge is 0.433 e. The van der Waals surface area contributed by atoms with Crippen LogP contribution >= 0.6 is 0 Å². The standard InChI is InChI=1S/C16H15F5N4/c17-12-2-1-10(7-13(12)18)8-25-6-4-11(9-25)23-15-22-5-3-14(24-15)16(19,20)21/h1-3,5,7,11H,4,6,8-9H2,(H,22,23,24). The van der Waals surface area contributed by atoms with E-state index in [1.807, 2.05) is 4.90 Å². The van der Waals surface area contributed by atoms with E-state index in [0.717, 1.165) is 24.4 Å². The first kappa shape index (κ1) is 17.5. The van der Waals surface area contributed by atoms with Gasteiger partial charge in [0.2, 0.25) is 5.95 Å². The third kappa shape index (κ3) is 4.41. The molecule has 4 nitrogen and oxygen atoms in total. The van der Waals surface area contributed by atoms with Crippen LogP contribution in [0.2, 0.25) is 0 Å². The van der Waals surface area contributed by atoms with Crippen LogP contribution in [0, 0.1) is 11.6 Å². The summed E-state index contributed by atoms with van der Waals surface area (Å²) in [5, 5.41) is 2.89. The smallest absolute Gasteiger partial charge is 0.350 e. The minimum atomic E-state index is -4.52. The Bertz CT molecular complexity index is 750. The first-order chi connectivity index (χ1) is 11.8. The van der Waals surface area contributed by atoms with Crippen LogP contribution in [-0.2, 0) is 12.7 Å². The molecule has 1 atom stereocenters. The predicted octanol–water partition coefficient (Wildman–Crippen LogP) is 3.46. The minimum Gasteiger partial charge on any atom is -0.350 e. The van der Waals surface area contributed by atoms with Gasteiger partial charge in [-0.2, -0.15) is 13.2 Å². The SMILES string of the molecule is Fc1ccc(CN2CCC(Nc3nccc(C(F)(F)F)n3)C2)cc1F. The zero-order chi connectivity index (χ0) is 18.0. The third-order valence-corrected chi connectivity index (χ3v) is 3.94. The van der Waals surface area contributed by atoms with Gasteiger partial charge in [-0.05, 0) is 30.2 Å². The van der Waals surface area contributed by atoms with Gasteiger partial charge in [0.25, 0.3) is 0 Å². The highest BCUT2D eigenvalue weighted by atomic mass is 19.4. The normalized spacial score (nSPS) is 18.5. The van der Waals surface area contributed by atoms with Gasteiger partial charge < -0.3 is 5.32 Å². The van der Waals surface area contributed by atoms with Crippen LogP contribution in [0.15, 0.2) is 30.5 Å². The van der Waals surface area contributed by atoms with Crippen molar-refractivity contribution in [1.29, 1.82) is 0 Å². The van der Waals surface area contributed by atoms with Crippen LogP contribution in [0.1, 0.15) is 17.7 Å². The summed E-state index contributed by atoms with van der Waals surface area (Å²) in [5.74, 6) is -1.87. The molecule has 2 heterocycles. The van der Waals surface area contributed by atoms with Crippen LogP contribution in [0.5, 0.6) is 0 Å². The zero-order valence-corrected chi connectivity index (χ0v) is 13.0. The summed E-state index contributed by atoms with van der Waals surface area (Å²) in [6.45, 7) is 1.65. The lowest BCUT2D eigenvalue weighted by Crippen LogP contribution is -2.27. The maximum atomic E-state index is 13.2. The van der Waals surface area contributed by atoms with E-state index in [0.29, 0.717) is 31.6 Å². The summed E-state index contributed by atoms with van der Waals surface area (Å²) in [7, 11) is 0. The van der Waals surface area contributed by atoms with Crippen molar-refractivity contribution in [2.45, 2.75) is 25.2 Å². The number of rotatable bonds is 4. The predicted molar refractivity (Wildman–Crippen MR) is 80.7 cm³/mol. The van der Waals surface area contributed by atoms with Crippen molar-refractivity contribution >= 4 is 5.95 Å². The van der Waals surface area contributed by atoms with Gasteiger partial charge in [-0.25, -0.2) is 18.7 Å². The van der Waals surface area contributed by atoms with E-state index >= 15 is 0 Å². The molecule has 3 rings (SSSR count). The number of anilines is 1. The quantitative estimate of drug-likeness (QED) is 0.850. The van der Waals surface area contributed by atoms with E-state index in [1.165, 1.54) is 6.07 Å². The first-order valence-corrected chi connectivity index (χ1v) is 7.64. The Morgan fingerprint density at radius 1 is 1.16 bits per heavy atom. The molecule has 1 aliphatic heterocycles. The lowest BCUT2D eigenvalue weighted by atomic mass is 10.2. The Balaban J connectivity index is 1.59. The molecule has 1 aromatic carbocycles. The molecule has 0 aliphatic carbocycles. The summed E-state index contributed by atoms with van der Waals surface area (Å²) in [6, 6.07) is 4.43. The molecule has 0 radical (unpaired) electrons. The van der Waals surface area contributed by atoms with Crippen molar-refractivity contribution in [3.05, 3.63) is 53.4 Å². The van der Waals surface area contributed by atoms with Crippen LogP contribution in [0.25, 0.3) is 0 Å². The molecule has 1 fully saturated rings. The van der Waals surface area contributed by atoms with Gasteiger partial charge in [-0.1, -0.05) is 6.07 Å². The molecule has 2 aromatic rings. The van der Waals surface area contributed by atoms with Crippen LogP contribution in [-0.4, -0.2) is 34.0 Å². The van der Waals surface area contributed by atoms with Gasteiger partial charge in [-0.3, -0.25) is 4.90 Å². The van der Waals surface area contributed by atoms with Gasteiger partial charge in [0.15, 0.2) is 11.6 Å². The van der Waals surface area contributed by atoms with Crippen molar-refractivity contribution in [2.75, 3.05) is 18.4 Å². The molecule has 134 valence electrons. The fraction of sp³-hybridized carbons (Fsp3) is 0.375. The Labute approximate surface area is 140 Å². The molecule has 1 aliphatic rings.